The van der Waals surface area contributed by atoms with Crippen LogP contribution in [0.5, 0.6) is 0 Å². The number of fused-ring (bicyclic) bond motifs is 1. The Morgan fingerprint density at radius 3 is 3.00 bits per heavy atom. The molecule has 0 saturated carbocycles. The Morgan fingerprint density at radius 2 is 2.25 bits per heavy atom. The molecule has 0 amide bonds. The summed E-state index contributed by atoms with van der Waals surface area (Å²) in [5.74, 6) is 0. The maximum absolute atomic E-state index is 4.99. The topological polar surface area (TPSA) is 48.8 Å². The summed E-state index contributed by atoms with van der Waals surface area (Å²) in [6.45, 7) is 0. The Kier molecular flexibility index (Phi) is 1.67. The van der Waals surface area contributed by atoms with Crippen molar-refractivity contribution in [1.29, 1.82) is 0 Å². The summed E-state index contributed by atoms with van der Waals surface area (Å²) in [5.41, 5.74) is 0.592. The molecule has 4 nitrogen and oxygen atoms in total. The van der Waals surface area contributed by atoms with Crippen LogP contribution in [-0.2, 0) is 0 Å². The van der Waals surface area contributed by atoms with Gasteiger partial charge in [-0.3, -0.25) is 0 Å². The Balaban J connectivity index is 2.43. The van der Waals surface area contributed by atoms with Crippen molar-refractivity contribution in [3.8, 4) is 0 Å². The Bertz CT molecular complexity index is 334. The van der Waals surface area contributed by atoms with Gasteiger partial charge in [0.1, 0.15) is 17.0 Å². The van der Waals surface area contributed by atoms with E-state index in [0.717, 1.165) is 0 Å². The highest BCUT2D eigenvalue weighted by Gasteiger charge is 2.40. The van der Waals surface area contributed by atoms with Gasteiger partial charge in [0.25, 0.3) is 0 Å². The monoisotopic (exact) mass is 216 g/mol. The van der Waals surface area contributed by atoms with Crippen LogP contribution >= 0.6 is 37.1 Å². The SMILES string of the molecule is S=C1NC(=S)C2=NC=NC2(S)N1. The van der Waals surface area contributed by atoms with Crippen molar-refractivity contribution < 1.29 is 0 Å². The fourth-order valence-electron chi connectivity index (χ4n) is 0.982. The molecule has 2 aliphatic heterocycles. The van der Waals surface area contributed by atoms with Crippen LogP contribution < -0.4 is 10.6 Å². The van der Waals surface area contributed by atoms with Crippen LogP contribution in [-0.4, -0.2) is 27.1 Å². The van der Waals surface area contributed by atoms with Crippen molar-refractivity contribution in [3.63, 3.8) is 0 Å². The molecule has 62 valence electrons. The van der Waals surface area contributed by atoms with E-state index in [1.165, 1.54) is 6.34 Å². The largest absolute Gasteiger partial charge is 0.325 e. The first-order chi connectivity index (χ1) is 5.62. The minimum Gasteiger partial charge on any atom is -0.325 e. The second-order valence-electron chi connectivity index (χ2n) is 2.30. The van der Waals surface area contributed by atoms with Crippen molar-refractivity contribution in [1.82, 2.24) is 10.6 Å². The van der Waals surface area contributed by atoms with Crippen LogP contribution in [0, 0.1) is 0 Å². The molecule has 0 bridgehead atoms. The quantitative estimate of drug-likeness (QED) is 0.390. The number of hydrogen-bond acceptors (Lipinski definition) is 5. The summed E-state index contributed by atoms with van der Waals surface area (Å²) in [7, 11) is 0. The van der Waals surface area contributed by atoms with Crippen LogP contribution in [0.4, 0.5) is 0 Å². The molecule has 0 aromatic rings. The number of nitrogens with one attached hydrogen (secondary N) is 2. The van der Waals surface area contributed by atoms with Gasteiger partial charge in [0.05, 0.1) is 0 Å². The highest BCUT2D eigenvalue weighted by molar-refractivity contribution is 7.86. The van der Waals surface area contributed by atoms with Gasteiger partial charge in [-0.15, -0.1) is 12.6 Å². The first-order valence-electron chi connectivity index (χ1n) is 3.10. The normalized spacial score (nSPS) is 32.2. The highest BCUT2D eigenvalue weighted by Crippen LogP contribution is 2.21. The Morgan fingerprint density at radius 1 is 1.50 bits per heavy atom. The predicted molar refractivity (Wildman–Crippen MR) is 59.1 cm³/mol. The molecule has 7 heteroatoms. The van der Waals surface area contributed by atoms with Gasteiger partial charge in [-0.1, -0.05) is 12.2 Å². The van der Waals surface area contributed by atoms with Crippen LogP contribution in [0.3, 0.4) is 0 Å². The summed E-state index contributed by atoms with van der Waals surface area (Å²) in [6.07, 6.45) is 1.41. The number of thiol groups is 1. The zero-order valence-corrected chi connectivity index (χ0v) is 8.26. The average Bonchev–Trinajstić information content (AvgIpc) is 2.29. The number of rotatable bonds is 0. The third-order valence-electron chi connectivity index (χ3n) is 1.49. The number of nitrogens with zero attached hydrogens (tertiary/aromatic N) is 2. The van der Waals surface area contributed by atoms with Crippen molar-refractivity contribution in [3.05, 3.63) is 0 Å². The van der Waals surface area contributed by atoms with E-state index in [1.54, 1.807) is 0 Å². The molecule has 2 rings (SSSR count). The summed E-state index contributed by atoms with van der Waals surface area (Å²) in [4.78, 5) is 7.60. The lowest BCUT2D eigenvalue weighted by molar-refractivity contribution is 0.758. The second kappa shape index (κ2) is 2.48. The lowest BCUT2D eigenvalue weighted by Gasteiger charge is -2.30. The molecule has 12 heavy (non-hydrogen) atoms. The molecule has 2 aliphatic rings. The van der Waals surface area contributed by atoms with E-state index in [4.69, 9.17) is 24.4 Å². The van der Waals surface area contributed by atoms with E-state index in [9.17, 15) is 0 Å². The fraction of sp³-hybridized carbons (Fsp3) is 0.200. The van der Waals surface area contributed by atoms with E-state index in [-0.39, 0.29) is 0 Å². The van der Waals surface area contributed by atoms with Gasteiger partial charge in [-0.05, 0) is 12.2 Å². The van der Waals surface area contributed by atoms with E-state index in [2.05, 4.69) is 33.2 Å². The van der Waals surface area contributed by atoms with Crippen molar-refractivity contribution in [2.24, 2.45) is 9.98 Å². The predicted octanol–water partition coefficient (Wildman–Crippen LogP) is -0.142. The molecule has 0 radical (unpaired) electrons. The molecule has 0 aromatic heterocycles. The highest BCUT2D eigenvalue weighted by atomic mass is 32.1. The lowest BCUT2D eigenvalue weighted by Crippen LogP contribution is -2.62. The lowest BCUT2D eigenvalue weighted by atomic mass is 10.2. The number of thiocarbonyl (C=S) groups is 2. The van der Waals surface area contributed by atoms with E-state index >= 15 is 0 Å². The Hall–Kier alpha value is -0.530. The summed E-state index contributed by atoms with van der Waals surface area (Å²) in [6, 6.07) is 0. The minimum absolute atomic E-state index is 0.424. The molecule has 2 N–H and O–H groups in total. The van der Waals surface area contributed by atoms with Crippen LogP contribution in [0.2, 0.25) is 0 Å². The van der Waals surface area contributed by atoms with Crippen LogP contribution in [0.15, 0.2) is 9.98 Å². The van der Waals surface area contributed by atoms with Crippen molar-refractivity contribution in [2.75, 3.05) is 0 Å². The molecular formula is C5H4N4S3. The summed E-state index contributed by atoms with van der Waals surface area (Å²) >= 11 is 14.2. The number of hydrogen-bond donors (Lipinski definition) is 3. The zero-order chi connectivity index (χ0) is 8.77. The molecule has 0 aliphatic carbocycles. The third-order valence-corrected chi connectivity index (χ3v) is 2.43. The Labute approximate surface area is 85.0 Å². The molecule has 1 atom stereocenters. The van der Waals surface area contributed by atoms with E-state index in [0.29, 0.717) is 15.8 Å². The first-order valence-corrected chi connectivity index (χ1v) is 4.36. The van der Waals surface area contributed by atoms with Gasteiger partial charge >= 0.3 is 0 Å². The van der Waals surface area contributed by atoms with Crippen molar-refractivity contribution in [2.45, 2.75) is 4.99 Å². The maximum Gasteiger partial charge on any atom is 0.224 e. The minimum atomic E-state index is -0.848. The van der Waals surface area contributed by atoms with Crippen LogP contribution in [0.25, 0.3) is 0 Å². The van der Waals surface area contributed by atoms with Gasteiger partial charge in [0.15, 0.2) is 5.11 Å². The summed E-state index contributed by atoms with van der Waals surface area (Å²) in [5, 5.41) is 6.05. The van der Waals surface area contributed by atoms with Gasteiger partial charge in [-0.2, -0.15) is 0 Å². The number of aliphatic imine (C=N–C) groups is 2. The molecule has 1 saturated heterocycles. The van der Waals surface area contributed by atoms with Crippen molar-refractivity contribution >= 4 is 59.2 Å². The molecule has 1 fully saturated rings. The van der Waals surface area contributed by atoms with E-state index < -0.39 is 4.99 Å². The average molecular weight is 216 g/mol. The summed E-state index contributed by atoms with van der Waals surface area (Å²) < 4.78 is 0. The van der Waals surface area contributed by atoms with Gasteiger partial charge in [0.2, 0.25) is 4.99 Å². The standard InChI is InChI=1S/C5H4N4S3/c10-3-2-5(12,7-1-6-2)9-4(11)8-3/h1,12H,(H2,8,9,10,11). The fourth-order valence-corrected chi connectivity index (χ4v) is 2.08. The smallest absolute Gasteiger partial charge is 0.224 e. The first kappa shape index (κ1) is 8.09. The van der Waals surface area contributed by atoms with Gasteiger partial charge in [0, 0.05) is 0 Å². The molecular weight excluding hydrogens is 212 g/mol. The third kappa shape index (κ3) is 1.05. The molecule has 1 unspecified atom stereocenters. The van der Waals surface area contributed by atoms with E-state index in [1.807, 2.05) is 0 Å². The molecule has 0 aromatic carbocycles. The zero-order valence-electron chi connectivity index (χ0n) is 5.74. The van der Waals surface area contributed by atoms with Gasteiger partial charge in [-0.25, -0.2) is 9.98 Å². The second-order valence-corrected chi connectivity index (χ2v) is 3.77. The molecule has 2 heterocycles. The maximum atomic E-state index is 4.99. The van der Waals surface area contributed by atoms with Crippen LogP contribution in [0.1, 0.15) is 0 Å². The molecule has 0 spiro atoms. The van der Waals surface area contributed by atoms with Gasteiger partial charge < -0.3 is 10.6 Å².